The Hall–Kier alpha value is -3.50. The molecule has 2 aromatic carbocycles. The Morgan fingerprint density at radius 2 is 1.87 bits per heavy atom. The van der Waals surface area contributed by atoms with E-state index < -0.39 is 54.7 Å². The number of benzene rings is 2. The molecule has 6 nitrogen and oxygen atoms in total. The van der Waals surface area contributed by atoms with Gasteiger partial charge in [-0.1, -0.05) is 18.2 Å². The molecule has 31 heavy (non-hydrogen) atoms. The lowest BCUT2D eigenvalue weighted by Gasteiger charge is -2.15. The first kappa shape index (κ1) is 22.2. The number of fused-ring (bicyclic) bond motifs is 1. The van der Waals surface area contributed by atoms with Crippen LogP contribution < -0.4 is 5.32 Å². The van der Waals surface area contributed by atoms with Crippen molar-refractivity contribution in [3.63, 3.8) is 0 Å². The number of amides is 1. The molecule has 0 saturated carbocycles. The molecule has 164 valence electrons. The number of nitrogens with zero attached hydrogens (tertiary/aromatic N) is 2. The van der Waals surface area contributed by atoms with Crippen molar-refractivity contribution in [2.45, 2.75) is 25.7 Å². The Kier molecular flexibility index (Phi) is 6.23. The number of rotatable bonds is 6. The standard InChI is InChI=1S/C20H16F5N3O3/c1-11(13-7-6-12(21)8-14(13)22)26-17(29)10-31-18(30)9-28-16-5-3-2-4-15(16)27-19(28)20(23,24)25/h2-8,11H,9-10H2,1H3,(H,26,29). The van der Waals surface area contributed by atoms with Gasteiger partial charge in [0.2, 0.25) is 5.82 Å². The van der Waals surface area contributed by atoms with Crippen molar-refractivity contribution in [1.29, 1.82) is 0 Å². The van der Waals surface area contributed by atoms with Gasteiger partial charge in [0, 0.05) is 11.6 Å². The normalized spacial score (nSPS) is 12.6. The number of aromatic nitrogens is 2. The monoisotopic (exact) mass is 441 g/mol. The topological polar surface area (TPSA) is 73.2 Å². The highest BCUT2D eigenvalue weighted by Gasteiger charge is 2.38. The predicted molar refractivity (Wildman–Crippen MR) is 98.6 cm³/mol. The van der Waals surface area contributed by atoms with Crippen LogP contribution in [0.4, 0.5) is 22.0 Å². The van der Waals surface area contributed by atoms with Crippen molar-refractivity contribution in [1.82, 2.24) is 14.9 Å². The van der Waals surface area contributed by atoms with E-state index in [1.54, 1.807) is 0 Å². The average Bonchev–Trinajstić information content (AvgIpc) is 3.05. The molecular weight excluding hydrogens is 425 g/mol. The van der Waals surface area contributed by atoms with Gasteiger partial charge in [-0.25, -0.2) is 13.8 Å². The van der Waals surface area contributed by atoms with Crippen LogP contribution in [-0.4, -0.2) is 28.0 Å². The summed E-state index contributed by atoms with van der Waals surface area (Å²) in [6.45, 7) is -0.173. The molecule has 0 aliphatic rings. The Morgan fingerprint density at radius 3 is 2.55 bits per heavy atom. The van der Waals surface area contributed by atoms with E-state index in [9.17, 15) is 31.5 Å². The Morgan fingerprint density at radius 1 is 1.16 bits per heavy atom. The molecule has 0 radical (unpaired) electrons. The fourth-order valence-corrected chi connectivity index (χ4v) is 2.99. The van der Waals surface area contributed by atoms with Crippen LogP contribution in [0.5, 0.6) is 0 Å². The zero-order valence-corrected chi connectivity index (χ0v) is 16.0. The second-order valence-corrected chi connectivity index (χ2v) is 6.62. The maximum Gasteiger partial charge on any atom is 0.449 e. The molecule has 0 aliphatic carbocycles. The van der Waals surface area contributed by atoms with E-state index >= 15 is 0 Å². The van der Waals surface area contributed by atoms with Gasteiger partial charge in [0.1, 0.15) is 18.2 Å². The van der Waals surface area contributed by atoms with Crippen LogP contribution in [0.1, 0.15) is 24.4 Å². The van der Waals surface area contributed by atoms with Gasteiger partial charge >= 0.3 is 12.1 Å². The third-order valence-electron chi connectivity index (χ3n) is 4.37. The molecule has 3 aromatic rings. The summed E-state index contributed by atoms with van der Waals surface area (Å²) in [6, 6.07) is 7.72. The number of hydrogen-bond acceptors (Lipinski definition) is 4. The zero-order valence-electron chi connectivity index (χ0n) is 16.0. The number of halogens is 5. The molecule has 1 heterocycles. The molecule has 11 heteroatoms. The summed E-state index contributed by atoms with van der Waals surface area (Å²) in [4.78, 5) is 27.5. The smallest absolute Gasteiger partial charge is 0.449 e. The molecule has 1 unspecified atom stereocenters. The fourth-order valence-electron chi connectivity index (χ4n) is 2.99. The highest BCUT2D eigenvalue weighted by atomic mass is 19.4. The Labute approximate surface area is 172 Å². The molecule has 3 rings (SSSR count). The van der Waals surface area contributed by atoms with Crippen LogP contribution in [0.2, 0.25) is 0 Å². The fraction of sp³-hybridized carbons (Fsp3) is 0.250. The summed E-state index contributed by atoms with van der Waals surface area (Å²) in [5.74, 6) is -4.81. The van der Waals surface area contributed by atoms with Gasteiger partial charge in [0.25, 0.3) is 5.91 Å². The quantitative estimate of drug-likeness (QED) is 0.467. The second kappa shape index (κ2) is 8.70. The maximum absolute atomic E-state index is 13.8. The van der Waals surface area contributed by atoms with Gasteiger partial charge < -0.3 is 14.6 Å². The second-order valence-electron chi connectivity index (χ2n) is 6.62. The van der Waals surface area contributed by atoms with Gasteiger partial charge in [-0.05, 0) is 25.1 Å². The van der Waals surface area contributed by atoms with Gasteiger partial charge in [-0.15, -0.1) is 0 Å². The van der Waals surface area contributed by atoms with Crippen molar-refractivity contribution in [3.05, 3.63) is 65.5 Å². The van der Waals surface area contributed by atoms with Crippen molar-refractivity contribution in [2.75, 3.05) is 6.61 Å². The molecule has 0 aliphatic heterocycles. The SMILES string of the molecule is CC(NC(=O)COC(=O)Cn1c(C(F)(F)F)nc2ccccc21)c1ccc(F)cc1F. The first-order valence-electron chi connectivity index (χ1n) is 8.98. The number of alkyl halides is 3. The third kappa shape index (κ3) is 5.16. The van der Waals surface area contributed by atoms with E-state index in [0.717, 1.165) is 12.1 Å². The molecule has 0 saturated heterocycles. The van der Waals surface area contributed by atoms with Gasteiger partial charge in [0.05, 0.1) is 17.1 Å². The average molecular weight is 441 g/mol. The number of carbonyl (C=O) groups excluding carboxylic acids is 2. The summed E-state index contributed by atoms with van der Waals surface area (Å²) in [7, 11) is 0. The number of para-hydroxylation sites is 2. The Balaban J connectivity index is 1.63. The van der Waals surface area contributed by atoms with E-state index in [-0.39, 0.29) is 16.6 Å². The van der Waals surface area contributed by atoms with Crippen LogP contribution in [0.25, 0.3) is 11.0 Å². The Bertz CT molecular complexity index is 1130. The summed E-state index contributed by atoms with van der Waals surface area (Å²) in [6.07, 6.45) is -4.80. The van der Waals surface area contributed by atoms with E-state index in [0.29, 0.717) is 10.6 Å². The van der Waals surface area contributed by atoms with Crippen LogP contribution in [-0.2, 0) is 27.0 Å². The number of esters is 1. The molecule has 1 aromatic heterocycles. The van der Waals surface area contributed by atoms with Crippen LogP contribution >= 0.6 is 0 Å². The van der Waals surface area contributed by atoms with Crippen molar-refractivity contribution in [3.8, 4) is 0 Å². The van der Waals surface area contributed by atoms with E-state index in [2.05, 4.69) is 10.3 Å². The van der Waals surface area contributed by atoms with Crippen molar-refractivity contribution < 1.29 is 36.3 Å². The number of ether oxygens (including phenoxy) is 1. The highest BCUT2D eigenvalue weighted by molar-refractivity contribution is 5.82. The lowest BCUT2D eigenvalue weighted by Crippen LogP contribution is -2.32. The summed E-state index contributed by atoms with van der Waals surface area (Å²) < 4.78 is 71.9. The largest absolute Gasteiger partial charge is 0.454 e. The first-order valence-corrected chi connectivity index (χ1v) is 8.98. The van der Waals surface area contributed by atoms with Crippen LogP contribution in [0.3, 0.4) is 0 Å². The lowest BCUT2D eigenvalue weighted by atomic mass is 10.1. The molecule has 1 amide bonds. The van der Waals surface area contributed by atoms with E-state index in [4.69, 9.17) is 4.74 Å². The first-order chi connectivity index (χ1) is 14.6. The minimum atomic E-state index is -4.80. The number of imidazole rings is 1. The maximum atomic E-state index is 13.8. The minimum Gasteiger partial charge on any atom is -0.454 e. The van der Waals surface area contributed by atoms with Crippen molar-refractivity contribution in [2.24, 2.45) is 0 Å². The summed E-state index contributed by atoms with van der Waals surface area (Å²) >= 11 is 0. The third-order valence-corrected chi connectivity index (χ3v) is 4.37. The highest BCUT2D eigenvalue weighted by Crippen LogP contribution is 2.31. The zero-order chi connectivity index (χ0) is 22.8. The molecular formula is C20H16F5N3O3. The molecule has 0 bridgehead atoms. The lowest BCUT2D eigenvalue weighted by molar-refractivity contribution is -0.153. The number of carbonyl (C=O) groups is 2. The van der Waals surface area contributed by atoms with Crippen LogP contribution in [0.15, 0.2) is 42.5 Å². The number of nitrogens with one attached hydrogen (secondary N) is 1. The molecule has 1 atom stereocenters. The summed E-state index contributed by atoms with van der Waals surface area (Å²) in [5.41, 5.74) is 0.146. The van der Waals surface area contributed by atoms with Crippen LogP contribution in [0, 0.1) is 11.6 Å². The van der Waals surface area contributed by atoms with Crippen molar-refractivity contribution >= 4 is 22.9 Å². The predicted octanol–water partition coefficient (Wildman–Crippen LogP) is 3.75. The molecule has 0 fully saturated rings. The van der Waals surface area contributed by atoms with Gasteiger partial charge in [-0.3, -0.25) is 9.59 Å². The summed E-state index contributed by atoms with van der Waals surface area (Å²) in [5, 5.41) is 2.36. The number of hydrogen-bond donors (Lipinski definition) is 1. The van der Waals surface area contributed by atoms with Gasteiger partial charge in [-0.2, -0.15) is 13.2 Å². The molecule has 1 N–H and O–H groups in total. The van der Waals surface area contributed by atoms with Gasteiger partial charge in [0.15, 0.2) is 6.61 Å². The molecule has 0 spiro atoms. The van der Waals surface area contributed by atoms with E-state index in [1.165, 1.54) is 31.2 Å². The van der Waals surface area contributed by atoms with E-state index in [1.807, 2.05) is 0 Å². The minimum absolute atomic E-state index is 0.0146.